The van der Waals surface area contributed by atoms with E-state index in [9.17, 15) is 6.57 Å². The maximum Gasteiger partial charge on any atom is 0.235 e. The first-order valence-corrected chi connectivity index (χ1v) is 22.8. The van der Waals surface area contributed by atoms with Crippen molar-refractivity contribution in [3.8, 4) is 55.9 Å². The van der Waals surface area contributed by atoms with Crippen LogP contribution in [0.1, 0.15) is 0 Å². The molecule has 65 heavy (non-hydrogen) atoms. The lowest BCUT2D eigenvalue weighted by atomic mass is 10.0. The van der Waals surface area contributed by atoms with Gasteiger partial charge in [-0.15, -0.1) is 11.3 Å². The molecule has 0 bridgehead atoms. The van der Waals surface area contributed by atoms with Gasteiger partial charge in [-0.05, 0) is 105 Å². The lowest BCUT2D eigenvalue weighted by Crippen LogP contribution is -2.01. The fraction of sp³-hybridized carbons (Fsp3) is 0. The highest BCUT2D eigenvalue weighted by molar-refractivity contribution is 7.26. The van der Waals surface area contributed by atoms with E-state index in [4.69, 9.17) is 0 Å². The Hall–Kier alpha value is -8.49. The Bertz CT molecular complexity index is 3850. The summed E-state index contributed by atoms with van der Waals surface area (Å²) in [5.74, 6) is 0. The van der Waals surface area contributed by atoms with Crippen LogP contribution in [0.4, 0.5) is 5.69 Å². The molecule has 0 spiro atoms. The Morgan fingerprint density at radius 1 is 0.323 bits per heavy atom. The fourth-order valence-electron chi connectivity index (χ4n) is 10.1. The van der Waals surface area contributed by atoms with Gasteiger partial charge in [-0.1, -0.05) is 164 Å². The number of aromatic nitrogens is 2. The van der Waals surface area contributed by atoms with E-state index in [0.717, 1.165) is 87.3 Å². The minimum atomic E-state index is 0.611. The zero-order chi connectivity index (χ0) is 43.0. The van der Waals surface area contributed by atoms with E-state index < -0.39 is 0 Å². The third kappa shape index (κ3) is 5.87. The highest BCUT2D eigenvalue weighted by Gasteiger charge is 2.26. The largest absolute Gasteiger partial charge is 0.319 e. The van der Waals surface area contributed by atoms with Crippen molar-refractivity contribution in [2.75, 3.05) is 0 Å². The number of benzene rings is 10. The molecule has 3 aromatic heterocycles. The normalized spacial score (nSPS) is 11.7. The SMILES string of the molecule is [C-]#[N+]c1c(-n2c3ccc(-c4ccccc4)cc3c3cc(-c4ccccc4)ccc32)cc2c(sc3ccccc32)c1-n1c2ccc(-c3ccccc3)cc2c2cc(-c3ccccc3)ccc21. The molecule has 4 heteroatoms. The number of nitrogens with zero attached hydrogens (tertiary/aromatic N) is 3. The standard InChI is InChI=1S/C61H37N3S/c1-62-59-57(63-53-30-26-43(39-16-6-2-7-17-39)34-48(53)49-35-44(27-31-54(49)63)40-18-8-3-9-19-40)38-52-47-24-14-15-25-58(47)65-61(52)60(59)64-55-32-28-45(41-20-10-4-11-21-41)36-50(55)51-37-46(29-33-56(51)64)42-22-12-5-13-23-42/h2-38H. The molecule has 13 rings (SSSR count). The molecule has 0 unspecified atom stereocenters. The summed E-state index contributed by atoms with van der Waals surface area (Å²) < 4.78 is 7.03. The minimum absolute atomic E-state index is 0.611. The van der Waals surface area contributed by atoms with Crippen LogP contribution in [0.15, 0.2) is 224 Å². The molecule has 10 aromatic carbocycles. The number of fused-ring (bicyclic) bond motifs is 9. The first kappa shape index (κ1) is 37.1. The van der Waals surface area contributed by atoms with Gasteiger partial charge in [0, 0.05) is 41.7 Å². The van der Waals surface area contributed by atoms with Gasteiger partial charge in [-0.25, -0.2) is 4.85 Å². The van der Waals surface area contributed by atoms with Crippen molar-refractivity contribution < 1.29 is 0 Å². The van der Waals surface area contributed by atoms with Crippen LogP contribution in [0.3, 0.4) is 0 Å². The van der Waals surface area contributed by atoms with Crippen molar-refractivity contribution in [3.63, 3.8) is 0 Å². The van der Waals surface area contributed by atoms with Crippen molar-refractivity contribution in [2.45, 2.75) is 0 Å². The monoisotopic (exact) mass is 843 g/mol. The zero-order valence-corrected chi connectivity index (χ0v) is 35.9. The number of hydrogen-bond donors (Lipinski definition) is 0. The fourth-order valence-corrected chi connectivity index (χ4v) is 11.3. The highest BCUT2D eigenvalue weighted by atomic mass is 32.1. The number of hydrogen-bond acceptors (Lipinski definition) is 1. The van der Waals surface area contributed by atoms with Crippen LogP contribution in [0, 0.1) is 6.57 Å². The summed E-state index contributed by atoms with van der Waals surface area (Å²) in [6, 6.07) is 80.7. The summed E-state index contributed by atoms with van der Waals surface area (Å²) >= 11 is 1.77. The third-order valence-corrected chi connectivity index (χ3v) is 14.3. The topological polar surface area (TPSA) is 14.2 Å². The highest BCUT2D eigenvalue weighted by Crippen LogP contribution is 2.50. The van der Waals surface area contributed by atoms with E-state index in [1.165, 1.54) is 32.3 Å². The minimum Gasteiger partial charge on any atom is -0.319 e. The van der Waals surface area contributed by atoms with Crippen molar-refractivity contribution in [1.82, 2.24) is 9.13 Å². The van der Waals surface area contributed by atoms with E-state index in [1.54, 1.807) is 11.3 Å². The van der Waals surface area contributed by atoms with Crippen molar-refractivity contribution >= 4 is 80.8 Å². The molecule has 13 aromatic rings. The summed E-state index contributed by atoms with van der Waals surface area (Å²) in [5.41, 5.74) is 15.9. The van der Waals surface area contributed by atoms with E-state index in [1.807, 2.05) is 0 Å². The smallest absolute Gasteiger partial charge is 0.235 e. The summed E-state index contributed by atoms with van der Waals surface area (Å²) in [6.45, 7) is 9.26. The van der Waals surface area contributed by atoms with Gasteiger partial charge < -0.3 is 9.13 Å². The Kier molecular flexibility index (Phi) is 8.46. The van der Waals surface area contributed by atoms with Gasteiger partial charge in [-0.2, -0.15) is 0 Å². The molecule has 3 nitrogen and oxygen atoms in total. The first-order valence-electron chi connectivity index (χ1n) is 21.9. The summed E-state index contributed by atoms with van der Waals surface area (Å²) in [7, 11) is 0. The second-order valence-electron chi connectivity index (χ2n) is 16.7. The van der Waals surface area contributed by atoms with Crippen LogP contribution >= 0.6 is 11.3 Å². The van der Waals surface area contributed by atoms with Crippen LogP contribution in [0.2, 0.25) is 0 Å². The summed E-state index contributed by atoms with van der Waals surface area (Å²) in [4.78, 5) is 4.61. The molecular formula is C61H37N3S. The molecule has 0 N–H and O–H groups in total. The van der Waals surface area contributed by atoms with Crippen LogP contribution < -0.4 is 0 Å². The number of thiophene rings is 1. The van der Waals surface area contributed by atoms with Gasteiger partial charge in [0.25, 0.3) is 0 Å². The molecule has 3 heterocycles. The predicted octanol–water partition coefficient (Wildman–Crippen LogP) is 17.5. The Balaban J connectivity index is 1.16. The summed E-state index contributed by atoms with van der Waals surface area (Å²) in [5, 5.41) is 6.90. The van der Waals surface area contributed by atoms with E-state index in [0.29, 0.717) is 5.69 Å². The molecule has 0 aliphatic carbocycles. The predicted molar refractivity (Wildman–Crippen MR) is 276 cm³/mol. The van der Waals surface area contributed by atoms with Crippen LogP contribution in [0.25, 0.3) is 125 Å². The van der Waals surface area contributed by atoms with Crippen molar-refractivity contribution in [3.05, 3.63) is 236 Å². The van der Waals surface area contributed by atoms with Crippen LogP contribution in [-0.4, -0.2) is 9.13 Å². The number of rotatable bonds is 6. The molecule has 0 radical (unpaired) electrons. The van der Waals surface area contributed by atoms with E-state index in [2.05, 4.69) is 238 Å². The Morgan fingerprint density at radius 2 is 0.692 bits per heavy atom. The molecule has 0 saturated heterocycles. The maximum absolute atomic E-state index is 9.26. The second-order valence-corrected chi connectivity index (χ2v) is 17.8. The summed E-state index contributed by atoms with van der Waals surface area (Å²) in [6.07, 6.45) is 0. The first-order chi connectivity index (χ1) is 32.2. The molecule has 0 aliphatic heterocycles. The third-order valence-electron chi connectivity index (χ3n) is 13.1. The Labute approximate surface area is 379 Å². The molecule has 0 saturated carbocycles. The van der Waals surface area contributed by atoms with Gasteiger partial charge in [0.05, 0.1) is 40.0 Å². The van der Waals surface area contributed by atoms with Crippen molar-refractivity contribution in [2.24, 2.45) is 0 Å². The maximum atomic E-state index is 9.26. The zero-order valence-electron chi connectivity index (χ0n) is 35.1. The van der Waals surface area contributed by atoms with Crippen LogP contribution in [-0.2, 0) is 0 Å². The van der Waals surface area contributed by atoms with E-state index >= 15 is 0 Å². The lowest BCUT2D eigenvalue weighted by Gasteiger charge is -2.18. The van der Waals surface area contributed by atoms with Crippen molar-refractivity contribution in [1.29, 1.82) is 0 Å². The molecule has 302 valence electrons. The molecule has 0 aliphatic rings. The van der Waals surface area contributed by atoms with Crippen LogP contribution in [0.5, 0.6) is 0 Å². The van der Waals surface area contributed by atoms with Gasteiger partial charge in [0.15, 0.2) is 0 Å². The lowest BCUT2D eigenvalue weighted by molar-refractivity contribution is 1.16. The molecular weight excluding hydrogens is 807 g/mol. The average molecular weight is 844 g/mol. The van der Waals surface area contributed by atoms with Gasteiger partial charge >= 0.3 is 0 Å². The van der Waals surface area contributed by atoms with E-state index in [-0.39, 0.29) is 0 Å². The average Bonchev–Trinajstić information content (AvgIpc) is 4.03. The molecule has 0 fully saturated rings. The quantitative estimate of drug-likeness (QED) is 0.148. The molecule has 0 amide bonds. The van der Waals surface area contributed by atoms with Gasteiger partial charge in [-0.3, -0.25) is 0 Å². The second kappa shape index (κ2) is 14.8. The Morgan fingerprint density at radius 3 is 1.09 bits per heavy atom. The van der Waals surface area contributed by atoms with Gasteiger partial charge in [0.2, 0.25) is 5.69 Å². The molecule has 0 atom stereocenters. The van der Waals surface area contributed by atoms with Gasteiger partial charge in [0.1, 0.15) is 0 Å².